The molecule has 82 valence electrons. The van der Waals surface area contributed by atoms with Crippen molar-refractivity contribution in [3.8, 4) is 0 Å². The summed E-state index contributed by atoms with van der Waals surface area (Å²) in [4.78, 5) is 14.0. The maximum atomic E-state index is 12.1. The van der Waals surface area contributed by atoms with Crippen LogP contribution in [0.15, 0.2) is 12.1 Å². The van der Waals surface area contributed by atoms with Gasteiger partial charge in [0.05, 0.1) is 0 Å². The number of rotatable bonds is 2. The van der Waals surface area contributed by atoms with E-state index in [1.54, 1.807) is 0 Å². The molecular weight excluding hydrogens is 190 g/mol. The minimum absolute atomic E-state index is 0.134. The highest BCUT2D eigenvalue weighted by Crippen LogP contribution is 2.14. The highest BCUT2D eigenvalue weighted by atomic mass is 16.2. The van der Waals surface area contributed by atoms with Crippen LogP contribution in [0.3, 0.4) is 0 Å². The first-order valence-electron chi connectivity index (χ1n) is 5.38. The van der Waals surface area contributed by atoms with E-state index in [-0.39, 0.29) is 5.91 Å². The molecule has 1 aliphatic rings. The van der Waals surface area contributed by atoms with Gasteiger partial charge < -0.3 is 15.2 Å². The van der Waals surface area contributed by atoms with Crippen LogP contribution in [0.1, 0.15) is 29.0 Å². The van der Waals surface area contributed by atoms with Crippen molar-refractivity contribution < 1.29 is 4.79 Å². The van der Waals surface area contributed by atoms with Crippen molar-refractivity contribution in [3.05, 3.63) is 23.5 Å². The van der Waals surface area contributed by atoms with E-state index in [9.17, 15) is 4.79 Å². The van der Waals surface area contributed by atoms with Crippen molar-refractivity contribution in [1.29, 1.82) is 0 Å². The number of likely N-dealkylation sites (tertiary alicyclic amines) is 1. The summed E-state index contributed by atoms with van der Waals surface area (Å²) in [7, 11) is 1.89. The van der Waals surface area contributed by atoms with Gasteiger partial charge in [-0.25, -0.2) is 0 Å². The van der Waals surface area contributed by atoms with Gasteiger partial charge in [-0.2, -0.15) is 0 Å². The Hall–Kier alpha value is -1.29. The molecule has 2 rings (SSSR count). The Labute approximate surface area is 89.7 Å². The molecule has 2 heterocycles. The second-order valence-electron chi connectivity index (χ2n) is 3.97. The minimum atomic E-state index is 0.134. The predicted octanol–water partition coefficient (Wildman–Crippen LogP) is 0.720. The lowest BCUT2D eigenvalue weighted by molar-refractivity contribution is 0.0783. The van der Waals surface area contributed by atoms with Gasteiger partial charge in [0, 0.05) is 32.4 Å². The topological polar surface area (TPSA) is 51.3 Å². The second-order valence-corrected chi connectivity index (χ2v) is 3.97. The summed E-state index contributed by atoms with van der Waals surface area (Å²) in [5, 5.41) is 0. The molecular formula is C11H17N3O. The van der Waals surface area contributed by atoms with Crippen LogP contribution in [0.25, 0.3) is 0 Å². The smallest absolute Gasteiger partial charge is 0.270 e. The Bertz CT molecular complexity index is 364. The normalized spacial score (nSPS) is 16.0. The van der Waals surface area contributed by atoms with E-state index < -0.39 is 0 Å². The van der Waals surface area contributed by atoms with Gasteiger partial charge in [0.1, 0.15) is 5.69 Å². The van der Waals surface area contributed by atoms with Gasteiger partial charge in [-0.1, -0.05) is 0 Å². The Balaban J connectivity index is 2.21. The van der Waals surface area contributed by atoms with Crippen molar-refractivity contribution >= 4 is 5.91 Å². The molecule has 1 saturated heterocycles. The molecule has 0 aromatic carbocycles. The zero-order valence-electron chi connectivity index (χ0n) is 9.07. The minimum Gasteiger partial charge on any atom is -0.342 e. The number of carbonyl (C=O) groups is 1. The Kier molecular flexibility index (Phi) is 2.77. The zero-order chi connectivity index (χ0) is 10.8. The second kappa shape index (κ2) is 4.06. The van der Waals surface area contributed by atoms with Gasteiger partial charge >= 0.3 is 0 Å². The molecule has 4 heteroatoms. The molecule has 0 spiro atoms. The zero-order valence-corrected chi connectivity index (χ0v) is 9.07. The lowest BCUT2D eigenvalue weighted by Gasteiger charge is -2.15. The summed E-state index contributed by atoms with van der Waals surface area (Å²) < 4.78 is 1.89. The largest absolute Gasteiger partial charge is 0.342 e. The summed E-state index contributed by atoms with van der Waals surface area (Å²) in [6.45, 7) is 2.26. The third-order valence-corrected chi connectivity index (χ3v) is 3.05. The van der Waals surface area contributed by atoms with E-state index in [0.29, 0.717) is 6.54 Å². The van der Waals surface area contributed by atoms with Gasteiger partial charge in [-0.15, -0.1) is 0 Å². The summed E-state index contributed by atoms with van der Waals surface area (Å²) >= 11 is 0. The predicted molar refractivity (Wildman–Crippen MR) is 58.4 cm³/mol. The molecule has 1 aromatic heterocycles. The van der Waals surface area contributed by atoms with Gasteiger partial charge in [0.25, 0.3) is 5.91 Å². The van der Waals surface area contributed by atoms with E-state index >= 15 is 0 Å². The van der Waals surface area contributed by atoms with Crippen LogP contribution in [0.2, 0.25) is 0 Å². The van der Waals surface area contributed by atoms with Crippen LogP contribution in [0, 0.1) is 0 Å². The third kappa shape index (κ3) is 1.77. The number of hydrogen-bond donors (Lipinski definition) is 1. The van der Waals surface area contributed by atoms with Gasteiger partial charge in [-0.3, -0.25) is 4.79 Å². The van der Waals surface area contributed by atoms with Crippen molar-refractivity contribution in [3.63, 3.8) is 0 Å². The summed E-state index contributed by atoms with van der Waals surface area (Å²) in [5.74, 6) is 0.134. The lowest BCUT2D eigenvalue weighted by atomic mass is 10.3. The highest BCUT2D eigenvalue weighted by molar-refractivity contribution is 5.93. The Morgan fingerprint density at radius 2 is 2.07 bits per heavy atom. The maximum Gasteiger partial charge on any atom is 0.270 e. The van der Waals surface area contributed by atoms with Gasteiger partial charge in [0.15, 0.2) is 0 Å². The van der Waals surface area contributed by atoms with E-state index in [1.165, 1.54) is 0 Å². The number of amides is 1. The SMILES string of the molecule is Cn1c(CN)ccc1C(=O)N1CCCC1. The van der Waals surface area contributed by atoms with Crippen molar-refractivity contribution in [1.82, 2.24) is 9.47 Å². The number of aromatic nitrogens is 1. The van der Waals surface area contributed by atoms with E-state index in [4.69, 9.17) is 5.73 Å². The summed E-state index contributed by atoms with van der Waals surface area (Å²) in [6.07, 6.45) is 2.25. The Morgan fingerprint density at radius 3 is 2.60 bits per heavy atom. The molecule has 0 radical (unpaired) electrons. The fraction of sp³-hybridized carbons (Fsp3) is 0.545. The molecule has 4 nitrogen and oxygen atoms in total. The first-order chi connectivity index (χ1) is 7.24. The number of nitrogens with two attached hydrogens (primary N) is 1. The van der Waals surface area contributed by atoms with Crippen LogP contribution in [-0.2, 0) is 13.6 Å². The lowest BCUT2D eigenvalue weighted by Crippen LogP contribution is -2.29. The van der Waals surface area contributed by atoms with Gasteiger partial charge in [0.2, 0.25) is 0 Å². The van der Waals surface area contributed by atoms with Crippen LogP contribution in [0.5, 0.6) is 0 Å². The molecule has 0 bridgehead atoms. The molecule has 1 aliphatic heterocycles. The molecule has 1 fully saturated rings. The first kappa shape index (κ1) is 10.2. The monoisotopic (exact) mass is 207 g/mol. The third-order valence-electron chi connectivity index (χ3n) is 3.05. The fourth-order valence-corrected chi connectivity index (χ4v) is 2.06. The first-order valence-corrected chi connectivity index (χ1v) is 5.38. The standard InChI is InChI=1S/C11H17N3O/c1-13-9(8-12)4-5-10(13)11(15)14-6-2-3-7-14/h4-5H,2-3,6-8,12H2,1H3. The average molecular weight is 207 g/mol. The highest BCUT2D eigenvalue weighted by Gasteiger charge is 2.21. The average Bonchev–Trinajstić information content (AvgIpc) is 2.85. The van der Waals surface area contributed by atoms with E-state index in [0.717, 1.165) is 37.3 Å². The van der Waals surface area contributed by atoms with Crippen LogP contribution in [-0.4, -0.2) is 28.5 Å². The van der Waals surface area contributed by atoms with E-state index in [1.807, 2.05) is 28.6 Å². The molecule has 15 heavy (non-hydrogen) atoms. The molecule has 0 atom stereocenters. The maximum absolute atomic E-state index is 12.1. The van der Waals surface area contributed by atoms with Crippen molar-refractivity contribution in [2.45, 2.75) is 19.4 Å². The van der Waals surface area contributed by atoms with Crippen LogP contribution >= 0.6 is 0 Å². The van der Waals surface area contributed by atoms with Crippen molar-refractivity contribution in [2.24, 2.45) is 12.8 Å². The summed E-state index contributed by atoms with van der Waals surface area (Å²) in [6, 6.07) is 3.78. The molecule has 1 amide bonds. The molecule has 1 aromatic rings. The van der Waals surface area contributed by atoms with Crippen LogP contribution < -0.4 is 5.73 Å². The molecule has 2 N–H and O–H groups in total. The quantitative estimate of drug-likeness (QED) is 0.777. The van der Waals surface area contributed by atoms with E-state index in [2.05, 4.69) is 0 Å². The van der Waals surface area contributed by atoms with Crippen molar-refractivity contribution in [2.75, 3.05) is 13.1 Å². The number of carbonyl (C=O) groups excluding carboxylic acids is 1. The number of nitrogens with zero attached hydrogens (tertiary/aromatic N) is 2. The molecule has 0 saturated carbocycles. The molecule has 0 aliphatic carbocycles. The Morgan fingerprint density at radius 1 is 1.40 bits per heavy atom. The number of hydrogen-bond acceptors (Lipinski definition) is 2. The molecule has 0 unspecified atom stereocenters. The van der Waals surface area contributed by atoms with Crippen LogP contribution in [0.4, 0.5) is 0 Å². The summed E-state index contributed by atoms with van der Waals surface area (Å²) in [5.41, 5.74) is 7.32. The van der Waals surface area contributed by atoms with Gasteiger partial charge in [-0.05, 0) is 25.0 Å². The fourth-order valence-electron chi connectivity index (χ4n) is 2.06.